The van der Waals surface area contributed by atoms with Gasteiger partial charge >= 0.3 is 12.5 Å². The Balaban J connectivity index is 2.16. The summed E-state index contributed by atoms with van der Waals surface area (Å²) in [6, 6.07) is 7.12. The first-order valence-electron chi connectivity index (χ1n) is 9.47. The molecule has 0 saturated carbocycles. The number of anilines is 1. The van der Waals surface area contributed by atoms with Gasteiger partial charge in [-0.3, -0.25) is 9.59 Å². The van der Waals surface area contributed by atoms with E-state index in [0.717, 1.165) is 12.1 Å². The van der Waals surface area contributed by atoms with Crippen molar-refractivity contribution in [2.45, 2.75) is 51.9 Å². The maximum atomic E-state index is 13.1. The van der Waals surface area contributed by atoms with Gasteiger partial charge in [-0.05, 0) is 57.5 Å². The molecule has 7 nitrogen and oxygen atoms in total. The number of benzene rings is 1. The van der Waals surface area contributed by atoms with Crippen molar-refractivity contribution < 1.29 is 37.0 Å². The van der Waals surface area contributed by atoms with Crippen molar-refractivity contribution >= 4 is 17.6 Å². The topological polar surface area (TPSA) is 101 Å². The van der Waals surface area contributed by atoms with E-state index in [9.17, 15) is 32.3 Å². The molecule has 0 aliphatic carbocycles. The molecule has 0 aliphatic rings. The number of carbonyl (C=O) groups excluding carboxylic acids is 2. The van der Waals surface area contributed by atoms with Crippen molar-refractivity contribution in [1.29, 1.82) is 0 Å². The number of hydrogen-bond donors (Lipinski definition) is 3. The molecule has 3 N–H and O–H groups in total. The van der Waals surface area contributed by atoms with Crippen molar-refractivity contribution in [2.24, 2.45) is 0 Å². The van der Waals surface area contributed by atoms with Crippen LogP contribution in [0.4, 0.5) is 23.4 Å². The van der Waals surface area contributed by atoms with Crippen LogP contribution in [0, 0.1) is 6.92 Å². The fourth-order valence-electron chi connectivity index (χ4n) is 2.55. The molecule has 2 rings (SSSR count). The van der Waals surface area contributed by atoms with Gasteiger partial charge in [0.2, 0.25) is 0 Å². The Bertz CT molecular complexity index is 993. The van der Waals surface area contributed by atoms with Crippen LogP contribution in [0.15, 0.2) is 36.4 Å². The monoisotopic (exact) mass is 457 g/mol. The molecular weight excluding hydrogens is 434 g/mol. The van der Waals surface area contributed by atoms with Crippen LogP contribution in [0.1, 0.15) is 48.4 Å². The molecular formula is C21H23F4N3O4. The van der Waals surface area contributed by atoms with Crippen LogP contribution >= 0.6 is 0 Å². The number of amides is 2. The van der Waals surface area contributed by atoms with Crippen LogP contribution in [0.25, 0.3) is 0 Å². The van der Waals surface area contributed by atoms with Crippen molar-refractivity contribution in [2.75, 3.05) is 5.32 Å². The fourth-order valence-corrected chi connectivity index (χ4v) is 2.55. The summed E-state index contributed by atoms with van der Waals surface area (Å²) in [4.78, 5) is 28.7. The zero-order valence-corrected chi connectivity index (χ0v) is 17.7. The van der Waals surface area contributed by atoms with E-state index >= 15 is 0 Å². The largest absolute Gasteiger partial charge is 0.461 e. The van der Waals surface area contributed by atoms with Gasteiger partial charge in [0, 0.05) is 11.3 Å². The third kappa shape index (κ3) is 6.64. The lowest BCUT2D eigenvalue weighted by atomic mass is 10.1. The average Bonchev–Trinajstić information content (AvgIpc) is 2.66. The average molecular weight is 457 g/mol. The highest BCUT2D eigenvalue weighted by Gasteiger charge is 2.44. The number of aryl methyl sites for hydroxylation is 1. The molecule has 0 bridgehead atoms. The molecule has 1 heterocycles. The number of nitrogens with one attached hydrogen (secondary N) is 2. The number of halogens is 4. The molecule has 2 amide bonds. The number of hydrogen-bond acceptors (Lipinski definition) is 5. The van der Waals surface area contributed by atoms with Crippen LogP contribution in [0.5, 0.6) is 5.75 Å². The molecule has 0 radical (unpaired) electrons. The van der Waals surface area contributed by atoms with E-state index in [1.165, 1.54) is 38.1 Å². The second kappa shape index (κ2) is 9.51. The Morgan fingerprint density at radius 2 is 1.81 bits per heavy atom. The predicted molar refractivity (Wildman–Crippen MR) is 108 cm³/mol. The quantitative estimate of drug-likeness (QED) is 0.523. The summed E-state index contributed by atoms with van der Waals surface area (Å²) in [6.07, 6.45) is -8.65. The summed E-state index contributed by atoms with van der Waals surface area (Å²) in [7, 11) is 0. The first-order chi connectivity index (χ1) is 14.7. The number of alkyl halides is 4. The van der Waals surface area contributed by atoms with E-state index in [4.69, 9.17) is 0 Å². The van der Waals surface area contributed by atoms with Crippen molar-refractivity contribution in [3.8, 4) is 5.75 Å². The smallest absolute Gasteiger partial charge is 0.428 e. The zero-order valence-electron chi connectivity index (χ0n) is 17.7. The standard InChI is InChI=1S/C21H23F4N3O4/c1-11-8-14(10-16(26-11)28-19(30)20(3,4)31)17(29)27-12(2)13-6-5-7-15(9-13)32-21(24,25)18(22)23/h5-10,12,18,31H,1-4H3,(H,27,29)(H,26,28,30). The number of ether oxygens (including phenoxy) is 1. The molecule has 32 heavy (non-hydrogen) atoms. The van der Waals surface area contributed by atoms with Crippen LogP contribution in [0.3, 0.4) is 0 Å². The minimum atomic E-state index is -4.65. The lowest BCUT2D eigenvalue weighted by Gasteiger charge is -2.19. The van der Waals surface area contributed by atoms with Gasteiger partial charge in [0.15, 0.2) is 0 Å². The Kier molecular flexibility index (Phi) is 7.45. The van der Waals surface area contributed by atoms with E-state index in [2.05, 4.69) is 20.4 Å². The maximum Gasteiger partial charge on any atom is 0.461 e. The Labute approximate surface area is 181 Å². The predicted octanol–water partition coefficient (Wildman–Crippen LogP) is 3.83. The summed E-state index contributed by atoms with van der Waals surface area (Å²) in [5.41, 5.74) is -0.758. The zero-order chi connectivity index (χ0) is 24.3. The van der Waals surface area contributed by atoms with Crippen LogP contribution in [-0.2, 0) is 4.79 Å². The fraction of sp³-hybridized carbons (Fsp3) is 0.381. The molecule has 1 aromatic carbocycles. The van der Waals surface area contributed by atoms with Crippen molar-refractivity contribution in [1.82, 2.24) is 10.3 Å². The number of nitrogens with zero attached hydrogens (tertiary/aromatic N) is 1. The Hall–Kier alpha value is -3.21. The highest BCUT2D eigenvalue weighted by atomic mass is 19.3. The van der Waals surface area contributed by atoms with Crippen molar-refractivity contribution in [3.05, 3.63) is 53.2 Å². The molecule has 0 saturated heterocycles. The summed E-state index contributed by atoms with van der Waals surface area (Å²) in [6.45, 7) is 5.75. The normalized spacial score (nSPS) is 12.9. The van der Waals surface area contributed by atoms with E-state index in [0.29, 0.717) is 11.3 Å². The molecule has 2 aromatic rings. The number of pyridine rings is 1. The number of carbonyl (C=O) groups is 2. The van der Waals surface area contributed by atoms with E-state index in [1.54, 1.807) is 13.8 Å². The van der Waals surface area contributed by atoms with Gasteiger partial charge in [0.1, 0.15) is 17.2 Å². The Morgan fingerprint density at radius 1 is 1.16 bits per heavy atom. The third-order valence-electron chi connectivity index (χ3n) is 4.23. The third-order valence-corrected chi connectivity index (χ3v) is 4.23. The highest BCUT2D eigenvalue weighted by Crippen LogP contribution is 2.29. The summed E-state index contributed by atoms with van der Waals surface area (Å²) < 4.78 is 55.1. The minimum absolute atomic E-state index is 0.0551. The van der Waals surface area contributed by atoms with Gasteiger partial charge in [-0.2, -0.15) is 17.6 Å². The van der Waals surface area contributed by atoms with Gasteiger partial charge in [-0.15, -0.1) is 0 Å². The molecule has 0 fully saturated rings. The molecule has 174 valence electrons. The van der Waals surface area contributed by atoms with Crippen molar-refractivity contribution in [3.63, 3.8) is 0 Å². The lowest BCUT2D eigenvalue weighted by molar-refractivity contribution is -0.253. The molecule has 11 heteroatoms. The molecule has 1 unspecified atom stereocenters. The molecule has 0 aliphatic heterocycles. The number of aliphatic hydroxyl groups is 1. The summed E-state index contributed by atoms with van der Waals surface area (Å²) in [5.74, 6) is -1.71. The second-order valence-corrected chi connectivity index (χ2v) is 7.63. The van der Waals surface area contributed by atoms with E-state index in [1.807, 2.05) is 0 Å². The summed E-state index contributed by atoms with van der Waals surface area (Å²) in [5, 5.41) is 14.8. The van der Waals surface area contributed by atoms with E-state index < -0.39 is 41.7 Å². The lowest BCUT2D eigenvalue weighted by Crippen LogP contribution is -2.37. The van der Waals surface area contributed by atoms with Gasteiger partial charge in [-0.1, -0.05) is 12.1 Å². The van der Waals surface area contributed by atoms with Crippen LogP contribution in [-0.4, -0.2) is 40.0 Å². The van der Waals surface area contributed by atoms with Gasteiger partial charge in [-0.25, -0.2) is 4.98 Å². The highest BCUT2D eigenvalue weighted by molar-refractivity contribution is 5.98. The van der Waals surface area contributed by atoms with Crippen LogP contribution < -0.4 is 15.4 Å². The summed E-state index contributed by atoms with van der Waals surface area (Å²) >= 11 is 0. The molecule has 0 spiro atoms. The number of aromatic nitrogens is 1. The first-order valence-corrected chi connectivity index (χ1v) is 9.47. The molecule has 1 atom stereocenters. The second-order valence-electron chi connectivity index (χ2n) is 7.63. The Morgan fingerprint density at radius 3 is 2.41 bits per heavy atom. The first kappa shape index (κ1) is 25.1. The number of rotatable bonds is 8. The van der Waals surface area contributed by atoms with Crippen LogP contribution in [0.2, 0.25) is 0 Å². The van der Waals surface area contributed by atoms with Gasteiger partial charge in [0.25, 0.3) is 11.8 Å². The minimum Gasteiger partial charge on any atom is -0.428 e. The van der Waals surface area contributed by atoms with Gasteiger partial charge in [0.05, 0.1) is 6.04 Å². The molecule has 1 aromatic heterocycles. The van der Waals surface area contributed by atoms with Gasteiger partial charge < -0.3 is 20.5 Å². The SMILES string of the molecule is Cc1cc(C(=O)NC(C)c2cccc(OC(F)(F)C(F)F)c2)cc(NC(=O)C(C)(C)O)n1. The maximum absolute atomic E-state index is 13.1. The van der Waals surface area contributed by atoms with E-state index in [-0.39, 0.29) is 11.4 Å².